The molecule has 170 valence electrons. The number of carbonyl (C=O) groups excluding carboxylic acids is 1. The lowest BCUT2D eigenvalue weighted by Gasteiger charge is -2.10. The summed E-state index contributed by atoms with van der Waals surface area (Å²) < 4.78 is 3.45. The maximum Gasteiger partial charge on any atom is 0.258 e. The van der Waals surface area contributed by atoms with Gasteiger partial charge >= 0.3 is 0 Å². The first kappa shape index (κ1) is 21.8. The van der Waals surface area contributed by atoms with E-state index in [-0.39, 0.29) is 11.9 Å². The number of aromatic nitrogens is 6. The van der Waals surface area contributed by atoms with Gasteiger partial charge in [-0.2, -0.15) is 5.10 Å². The zero-order valence-electron chi connectivity index (χ0n) is 19.0. The van der Waals surface area contributed by atoms with Crippen LogP contribution in [-0.4, -0.2) is 35.4 Å². The average Bonchev–Trinajstić information content (AvgIpc) is 3.36. The van der Waals surface area contributed by atoms with Gasteiger partial charge < -0.3 is 0 Å². The van der Waals surface area contributed by atoms with Crippen molar-refractivity contribution in [2.24, 2.45) is 7.05 Å². The van der Waals surface area contributed by atoms with Crippen molar-refractivity contribution in [1.82, 2.24) is 29.5 Å². The molecule has 2 aromatic carbocycles. The van der Waals surface area contributed by atoms with Gasteiger partial charge in [0.25, 0.3) is 5.91 Å². The molecule has 0 saturated heterocycles. The Morgan fingerprint density at radius 2 is 1.82 bits per heavy atom. The number of pyridine rings is 1. The van der Waals surface area contributed by atoms with E-state index in [1.165, 1.54) is 0 Å². The van der Waals surface area contributed by atoms with Gasteiger partial charge in [0.2, 0.25) is 5.95 Å². The number of aryl methyl sites for hydroxylation is 2. The van der Waals surface area contributed by atoms with Crippen LogP contribution in [0.5, 0.6) is 0 Å². The SMILES string of the molecule is Cc1nn(C)c(C)c1-c1cc(C(=O)Nc2ncn(Cc3ccccc3Cl)n2)c2ccccc2n1. The fourth-order valence-corrected chi connectivity index (χ4v) is 4.23. The molecule has 3 heterocycles. The quantitative estimate of drug-likeness (QED) is 0.397. The highest BCUT2D eigenvalue weighted by atomic mass is 35.5. The van der Waals surface area contributed by atoms with E-state index in [2.05, 4.69) is 20.5 Å². The summed E-state index contributed by atoms with van der Waals surface area (Å²) >= 11 is 6.25. The first-order valence-corrected chi connectivity index (χ1v) is 11.1. The molecule has 0 saturated carbocycles. The largest absolute Gasteiger partial charge is 0.289 e. The van der Waals surface area contributed by atoms with Gasteiger partial charge in [-0.25, -0.2) is 14.6 Å². The number of benzene rings is 2. The van der Waals surface area contributed by atoms with E-state index in [0.717, 1.165) is 33.4 Å². The maximum atomic E-state index is 13.3. The van der Waals surface area contributed by atoms with Crippen molar-refractivity contribution < 1.29 is 4.79 Å². The number of anilines is 1. The van der Waals surface area contributed by atoms with Gasteiger partial charge in [-0.15, -0.1) is 5.10 Å². The van der Waals surface area contributed by atoms with Crippen LogP contribution in [0.15, 0.2) is 60.9 Å². The van der Waals surface area contributed by atoms with Gasteiger partial charge in [-0.05, 0) is 37.6 Å². The molecule has 0 atom stereocenters. The van der Waals surface area contributed by atoms with Gasteiger partial charge in [0.1, 0.15) is 6.33 Å². The first-order chi connectivity index (χ1) is 16.4. The van der Waals surface area contributed by atoms with Gasteiger partial charge in [-0.1, -0.05) is 48.0 Å². The van der Waals surface area contributed by atoms with Crippen molar-refractivity contribution in [1.29, 1.82) is 0 Å². The highest BCUT2D eigenvalue weighted by Crippen LogP contribution is 2.29. The topological polar surface area (TPSA) is 90.5 Å². The summed E-state index contributed by atoms with van der Waals surface area (Å²) in [5.74, 6) is -0.0947. The van der Waals surface area contributed by atoms with Crippen molar-refractivity contribution in [3.05, 3.63) is 88.5 Å². The Morgan fingerprint density at radius 1 is 1.06 bits per heavy atom. The lowest BCUT2D eigenvalue weighted by atomic mass is 10.0. The third kappa shape index (κ3) is 4.04. The standard InChI is InChI=1S/C25H22ClN7O/c1-15-23(16(2)32(3)30-15)22-12-19(18-9-5-7-11-21(18)28-22)24(34)29-25-27-14-33(31-25)13-17-8-4-6-10-20(17)26/h4-12,14H,13H2,1-3H3,(H,29,31,34). The van der Waals surface area contributed by atoms with E-state index in [4.69, 9.17) is 16.6 Å². The molecular weight excluding hydrogens is 450 g/mol. The lowest BCUT2D eigenvalue weighted by molar-refractivity contribution is 0.102. The first-order valence-electron chi connectivity index (χ1n) is 10.8. The number of halogens is 1. The van der Waals surface area contributed by atoms with Crippen molar-refractivity contribution in [3.8, 4) is 11.3 Å². The molecule has 34 heavy (non-hydrogen) atoms. The number of hydrogen-bond acceptors (Lipinski definition) is 5. The number of nitrogens with one attached hydrogen (secondary N) is 1. The monoisotopic (exact) mass is 471 g/mol. The summed E-state index contributed by atoms with van der Waals surface area (Å²) in [5, 5.41) is 13.1. The minimum atomic E-state index is -0.311. The van der Waals surface area contributed by atoms with E-state index < -0.39 is 0 Å². The molecule has 5 rings (SSSR count). The van der Waals surface area contributed by atoms with Gasteiger partial charge in [-0.3, -0.25) is 14.8 Å². The molecule has 0 aliphatic heterocycles. The fraction of sp³-hybridized carbons (Fsp3) is 0.160. The second kappa shape index (κ2) is 8.72. The van der Waals surface area contributed by atoms with E-state index in [1.54, 1.807) is 17.1 Å². The van der Waals surface area contributed by atoms with Crippen LogP contribution in [0.2, 0.25) is 5.02 Å². The number of para-hydroxylation sites is 1. The third-order valence-corrected chi connectivity index (χ3v) is 6.15. The van der Waals surface area contributed by atoms with Crippen molar-refractivity contribution >= 4 is 34.4 Å². The highest BCUT2D eigenvalue weighted by molar-refractivity contribution is 6.31. The summed E-state index contributed by atoms with van der Waals surface area (Å²) in [6.45, 7) is 4.38. The predicted octanol–water partition coefficient (Wildman–Crippen LogP) is 4.80. The minimum absolute atomic E-state index is 0.216. The molecule has 1 amide bonds. The zero-order valence-corrected chi connectivity index (χ0v) is 19.7. The van der Waals surface area contributed by atoms with Crippen LogP contribution in [0, 0.1) is 13.8 Å². The van der Waals surface area contributed by atoms with Gasteiger partial charge in [0.05, 0.1) is 29.0 Å². The molecule has 8 nitrogen and oxygen atoms in total. The Labute approximate surface area is 201 Å². The average molecular weight is 472 g/mol. The molecule has 0 aliphatic carbocycles. The predicted molar refractivity (Wildman–Crippen MR) is 132 cm³/mol. The lowest BCUT2D eigenvalue weighted by Crippen LogP contribution is -2.14. The zero-order chi connectivity index (χ0) is 23.8. The van der Waals surface area contributed by atoms with Crippen molar-refractivity contribution in [2.45, 2.75) is 20.4 Å². The third-order valence-electron chi connectivity index (χ3n) is 5.78. The van der Waals surface area contributed by atoms with E-state index in [0.29, 0.717) is 22.8 Å². The Balaban J connectivity index is 1.48. The van der Waals surface area contributed by atoms with Crippen LogP contribution in [0.1, 0.15) is 27.3 Å². The van der Waals surface area contributed by atoms with E-state index in [9.17, 15) is 4.79 Å². The molecule has 0 radical (unpaired) electrons. The van der Waals surface area contributed by atoms with Crippen LogP contribution < -0.4 is 5.32 Å². The van der Waals surface area contributed by atoms with Crippen molar-refractivity contribution in [3.63, 3.8) is 0 Å². The number of rotatable bonds is 5. The van der Waals surface area contributed by atoms with Crippen LogP contribution in [-0.2, 0) is 13.6 Å². The molecule has 1 N–H and O–H groups in total. The molecule has 0 aliphatic rings. The second-order valence-electron chi connectivity index (χ2n) is 8.05. The Hall–Kier alpha value is -4.04. The molecular formula is C25H22ClN7O. The summed E-state index contributed by atoms with van der Waals surface area (Å²) in [5.41, 5.74) is 5.59. The van der Waals surface area contributed by atoms with E-state index >= 15 is 0 Å². The van der Waals surface area contributed by atoms with Crippen LogP contribution in [0.4, 0.5) is 5.95 Å². The van der Waals surface area contributed by atoms with Gasteiger partial charge in [0.15, 0.2) is 0 Å². The Bertz CT molecular complexity index is 1540. The molecule has 0 fully saturated rings. The molecule has 9 heteroatoms. The van der Waals surface area contributed by atoms with Crippen LogP contribution in [0.25, 0.3) is 22.2 Å². The Morgan fingerprint density at radius 3 is 2.59 bits per heavy atom. The number of hydrogen-bond donors (Lipinski definition) is 1. The second-order valence-corrected chi connectivity index (χ2v) is 8.46. The normalized spacial score (nSPS) is 11.2. The fourth-order valence-electron chi connectivity index (χ4n) is 4.03. The van der Waals surface area contributed by atoms with E-state index in [1.807, 2.05) is 74.1 Å². The maximum absolute atomic E-state index is 13.3. The molecule has 0 spiro atoms. The van der Waals surface area contributed by atoms with Crippen LogP contribution >= 0.6 is 11.6 Å². The summed E-state index contributed by atoms with van der Waals surface area (Å²) in [6, 6.07) is 16.9. The number of nitrogens with zero attached hydrogens (tertiary/aromatic N) is 6. The molecule has 0 bridgehead atoms. The molecule has 3 aromatic heterocycles. The highest BCUT2D eigenvalue weighted by Gasteiger charge is 2.19. The molecule has 5 aromatic rings. The number of fused-ring (bicyclic) bond motifs is 1. The van der Waals surface area contributed by atoms with Crippen LogP contribution in [0.3, 0.4) is 0 Å². The summed E-state index contributed by atoms with van der Waals surface area (Å²) in [4.78, 5) is 22.4. The smallest absolute Gasteiger partial charge is 0.258 e. The number of carbonyl (C=O) groups is 1. The van der Waals surface area contributed by atoms with Crippen molar-refractivity contribution in [2.75, 3.05) is 5.32 Å². The Kier molecular flexibility index (Phi) is 5.59. The summed E-state index contributed by atoms with van der Waals surface area (Å²) in [7, 11) is 1.89. The van der Waals surface area contributed by atoms with Gasteiger partial charge in [0, 0.05) is 28.7 Å². The summed E-state index contributed by atoms with van der Waals surface area (Å²) in [6.07, 6.45) is 1.57. The number of amides is 1. The minimum Gasteiger partial charge on any atom is -0.289 e. The molecule has 0 unspecified atom stereocenters.